The van der Waals surface area contributed by atoms with E-state index < -0.39 is 6.61 Å². The van der Waals surface area contributed by atoms with Gasteiger partial charge >= 0.3 is 0 Å². The Kier molecular flexibility index (Phi) is 4.28. The summed E-state index contributed by atoms with van der Waals surface area (Å²) in [6.45, 7) is -0.558. The average Bonchev–Trinajstić information content (AvgIpc) is 2.29. The summed E-state index contributed by atoms with van der Waals surface area (Å²) in [6, 6.07) is 1.53. The van der Waals surface area contributed by atoms with Crippen LogP contribution in [0.4, 0.5) is 0 Å². The van der Waals surface area contributed by atoms with E-state index in [4.69, 9.17) is 14.9 Å². The molecule has 0 aliphatic heterocycles. The Balaban J connectivity index is 3.41. The first-order valence-corrected chi connectivity index (χ1v) is 4.78. The monoisotopic (exact) mass is 226 g/mol. The predicted molar refractivity (Wildman–Crippen MR) is 56.8 cm³/mol. The van der Waals surface area contributed by atoms with Crippen LogP contribution in [0.2, 0.25) is 0 Å². The molecule has 0 unspecified atom stereocenters. The predicted octanol–water partition coefficient (Wildman–Crippen LogP) is 0.240. The molecule has 88 valence electrons. The van der Waals surface area contributed by atoms with Crippen molar-refractivity contribution >= 4 is 6.29 Å². The van der Waals surface area contributed by atoms with E-state index >= 15 is 0 Å². The van der Waals surface area contributed by atoms with Gasteiger partial charge in [0.2, 0.25) is 0 Å². The Morgan fingerprint density at radius 1 is 1.44 bits per heavy atom. The Labute approximate surface area is 92.9 Å². The molecule has 5 heteroatoms. The molecule has 0 saturated carbocycles. The Morgan fingerprint density at radius 3 is 2.56 bits per heavy atom. The summed E-state index contributed by atoms with van der Waals surface area (Å²) in [6.07, 6.45) is 0.739. The van der Waals surface area contributed by atoms with Crippen molar-refractivity contribution in [3.63, 3.8) is 0 Å². The highest BCUT2D eigenvalue weighted by Crippen LogP contribution is 2.33. The van der Waals surface area contributed by atoms with Crippen molar-refractivity contribution in [1.82, 2.24) is 0 Å². The van der Waals surface area contributed by atoms with E-state index in [9.17, 15) is 9.90 Å². The second-order valence-corrected chi connectivity index (χ2v) is 3.23. The zero-order chi connectivity index (χ0) is 12.1. The summed E-state index contributed by atoms with van der Waals surface area (Å²) in [5.41, 5.74) is 0.745. The first-order valence-electron chi connectivity index (χ1n) is 4.78. The minimum absolute atomic E-state index is 0.0823. The zero-order valence-electron chi connectivity index (χ0n) is 8.93. The van der Waals surface area contributed by atoms with Gasteiger partial charge in [-0.15, -0.1) is 0 Å². The smallest absolute Gasteiger partial charge is 0.154 e. The van der Waals surface area contributed by atoms with E-state index in [2.05, 4.69) is 0 Å². The molecule has 0 spiro atoms. The molecule has 3 N–H and O–H groups in total. The van der Waals surface area contributed by atoms with E-state index in [0.717, 1.165) is 0 Å². The van der Waals surface area contributed by atoms with Crippen LogP contribution in [0.15, 0.2) is 6.07 Å². The number of ether oxygens (including phenoxy) is 1. The normalized spacial score (nSPS) is 10.2. The van der Waals surface area contributed by atoms with Gasteiger partial charge in [0.25, 0.3) is 0 Å². The number of rotatable bonds is 5. The Morgan fingerprint density at radius 2 is 2.12 bits per heavy atom. The van der Waals surface area contributed by atoms with Gasteiger partial charge in [0.1, 0.15) is 11.5 Å². The number of phenols is 1. The van der Waals surface area contributed by atoms with Crippen molar-refractivity contribution in [1.29, 1.82) is 0 Å². The maximum absolute atomic E-state index is 10.8. The van der Waals surface area contributed by atoms with Crippen molar-refractivity contribution in [2.75, 3.05) is 13.7 Å². The topological polar surface area (TPSA) is 87.0 Å². The first kappa shape index (κ1) is 12.5. The fourth-order valence-electron chi connectivity index (χ4n) is 1.55. The molecule has 1 rings (SSSR count). The number of aldehydes is 1. The van der Waals surface area contributed by atoms with Gasteiger partial charge in [-0.05, 0) is 18.1 Å². The summed E-state index contributed by atoms with van der Waals surface area (Å²) < 4.78 is 4.99. The molecule has 0 bridgehead atoms. The van der Waals surface area contributed by atoms with Gasteiger partial charge < -0.3 is 20.1 Å². The van der Waals surface area contributed by atoms with Crippen LogP contribution in [0.25, 0.3) is 0 Å². The van der Waals surface area contributed by atoms with Crippen LogP contribution >= 0.6 is 0 Å². The van der Waals surface area contributed by atoms with Gasteiger partial charge in [0.15, 0.2) is 6.29 Å². The second kappa shape index (κ2) is 5.48. The van der Waals surface area contributed by atoms with E-state index in [1.54, 1.807) is 0 Å². The lowest BCUT2D eigenvalue weighted by Crippen LogP contribution is -2.02. The average molecular weight is 226 g/mol. The summed E-state index contributed by atoms with van der Waals surface area (Å²) in [7, 11) is 1.40. The van der Waals surface area contributed by atoms with Crippen molar-refractivity contribution in [2.45, 2.75) is 13.0 Å². The van der Waals surface area contributed by atoms with Crippen molar-refractivity contribution in [3.8, 4) is 11.5 Å². The van der Waals surface area contributed by atoms with Crippen molar-refractivity contribution in [2.24, 2.45) is 0 Å². The third-order valence-corrected chi connectivity index (χ3v) is 2.37. The zero-order valence-corrected chi connectivity index (χ0v) is 8.93. The van der Waals surface area contributed by atoms with Crippen LogP contribution in [0, 0.1) is 0 Å². The van der Waals surface area contributed by atoms with Crippen LogP contribution in [0.3, 0.4) is 0 Å². The number of methoxy groups -OCH3 is 1. The summed E-state index contributed by atoms with van der Waals surface area (Å²) >= 11 is 0. The molecule has 0 heterocycles. The molecule has 1 aromatic rings. The van der Waals surface area contributed by atoms with Gasteiger partial charge in [-0.1, -0.05) is 0 Å². The Bertz CT molecular complexity index is 386. The highest BCUT2D eigenvalue weighted by molar-refractivity contribution is 5.83. The molecule has 0 aliphatic carbocycles. The lowest BCUT2D eigenvalue weighted by Gasteiger charge is -2.13. The highest BCUT2D eigenvalue weighted by Gasteiger charge is 2.16. The van der Waals surface area contributed by atoms with Crippen molar-refractivity contribution < 1.29 is 24.9 Å². The quantitative estimate of drug-likeness (QED) is 0.626. The number of hydrogen-bond acceptors (Lipinski definition) is 5. The largest absolute Gasteiger partial charge is 0.507 e. The molecule has 1 aromatic carbocycles. The van der Waals surface area contributed by atoms with E-state index in [-0.39, 0.29) is 29.9 Å². The molecule has 0 aliphatic rings. The van der Waals surface area contributed by atoms with Crippen LogP contribution < -0.4 is 4.74 Å². The molecular weight excluding hydrogens is 212 g/mol. The SMILES string of the molecule is COc1cc(CCO)c(C=O)c(O)c1CO. The molecule has 0 aromatic heterocycles. The lowest BCUT2D eigenvalue weighted by atomic mass is 10.00. The number of aromatic hydroxyl groups is 1. The summed E-state index contributed by atoms with van der Waals surface area (Å²) in [4.78, 5) is 10.8. The van der Waals surface area contributed by atoms with Crippen LogP contribution in [-0.4, -0.2) is 35.3 Å². The lowest BCUT2D eigenvalue weighted by molar-refractivity contribution is 0.111. The number of aliphatic hydroxyl groups excluding tert-OH is 2. The van der Waals surface area contributed by atoms with E-state index in [1.807, 2.05) is 0 Å². The van der Waals surface area contributed by atoms with Crippen LogP contribution in [0.1, 0.15) is 21.5 Å². The molecule has 0 fully saturated rings. The molecule has 0 amide bonds. The molecule has 0 saturated heterocycles. The molecule has 0 atom stereocenters. The van der Waals surface area contributed by atoms with Gasteiger partial charge in [0, 0.05) is 6.61 Å². The number of carbonyl (C=O) groups excluding carboxylic acids is 1. The van der Waals surface area contributed by atoms with Gasteiger partial charge in [-0.2, -0.15) is 0 Å². The maximum atomic E-state index is 10.8. The van der Waals surface area contributed by atoms with E-state index in [0.29, 0.717) is 17.6 Å². The second-order valence-electron chi connectivity index (χ2n) is 3.23. The number of benzene rings is 1. The summed E-state index contributed by atoms with van der Waals surface area (Å²) in [5, 5.41) is 27.7. The standard InChI is InChI=1S/C11H14O5/c1-16-10-4-7(2-3-12)8(5-13)11(15)9(10)6-14/h4-5,12,14-15H,2-3,6H2,1H3. The van der Waals surface area contributed by atoms with Crippen molar-refractivity contribution in [3.05, 3.63) is 22.8 Å². The first-order chi connectivity index (χ1) is 7.69. The summed E-state index contributed by atoms with van der Waals surface area (Å²) in [5.74, 6) is 0.00866. The maximum Gasteiger partial charge on any atom is 0.154 e. The molecule has 16 heavy (non-hydrogen) atoms. The number of aliphatic hydroxyl groups is 2. The van der Waals surface area contributed by atoms with Gasteiger partial charge in [-0.25, -0.2) is 0 Å². The fourth-order valence-corrected chi connectivity index (χ4v) is 1.55. The third-order valence-electron chi connectivity index (χ3n) is 2.37. The third kappa shape index (κ3) is 2.15. The minimum atomic E-state index is -0.421. The highest BCUT2D eigenvalue weighted by atomic mass is 16.5. The number of hydrogen-bond donors (Lipinski definition) is 3. The fraction of sp³-hybridized carbons (Fsp3) is 0.364. The Hall–Kier alpha value is -1.59. The number of carbonyl (C=O) groups is 1. The van der Waals surface area contributed by atoms with Gasteiger partial charge in [-0.3, -0.25) is 4.79 Å². The molecular formula is C11H14O5. The van der Waals surface area contributed by atoms with Crippen LogP contribution in [-0.2, 0) is 13.0 Å². The van der Waals surface area contributed by atoms with Crippen LogP contribution in [0.5, 0.6) is 11.5 Å². The van der Waals surface area contributed by atoms with Gasteiger partial charge in [0.05, 0.1) is 24.8 Å². The minimum Gasteiger partial charge on any atom is -0.507 e. The molecule has 5 nitrogen and oxygen atoms in total. The molecule has 0 radical (unpaired) electrons. The van der Waals surface area contributed by atoms with E-state index in [1.165, 1.54) is 13.2 Å².